The molecule has 1 aliphatic rings. The van der Waals surface area contributed by atoms with E-state index < -0.39 is 0 Å². The van der Waals surface area contributed by atoms with E-state index in [0.717, 1.165) is 24.0 Å². The van der Waals surface area contributed by atoms with Crippen molar-refractivity contribution in [2.24, 2.45) is 5.41 Å². The van der Waals surface area contributed by atoms with E-state index in [-0.39, 0.29) is 0 Å². The van der Waals surface area contributed by atoms with Gasteiger partial charge in [0.05, 0.1) is 0 Å². The van der Waals surface area contributed by atoms with Crippen molar-refractivity contribution in [2.45, 2.75) is 25.8 Å². The molecule has 1 fully saturated rings. The minimum atomic E-state index is 0.316. The van der Waals surface area contributed by atoms with E-state index >= 15 is 0 Å². The second-order valence-electron chi connectivity index (χ2n) is 4.67. The predicted octanol–water partition coefficient (Wildman–Crippen LogP) is 2.70. The number of hydrogen-bond acceptors (Lipinski definition) is 2. The van der Waals surface area contributed by atoms with Crippen LogP contribution in [0, 0.1) is 5.41 Å². The summed E-state index contributed by atoms with van der Waals surface area (Å²) in [5.41, 5.74) is 1.69. The van der Waals surface area contributed by atoms with Crippen molar-refractivity contribution in [1.82, 2.24) is 5.32 Å². The highest BCUT2D eigenvalue weighted by atomic mass is 79.9. The molecule has 2 N–H and O–H groups in total. The Labute approximate surface area is 105 Å². The molecule has 3 heteroatoms. The average molecular weight is 284 g/mol. The number of rotatable bonds is 6. The first kappa shape index (κ1) is 12.1. The van der Waals surface area contributed by atoms with Crippen LogP contribution in [0.2, 0.25) is 0 Å². The summed E-state index contributed by atoms with van der Waals surface area (Å²) in [6, 6.07) is 8.28. The van der Waals surface area contributed by atoms with Crippen LogP contribution in [-0.2, 0) is 6.54 Å². The molecule has 0 spiro atoms. The smallest absolute Gasteiger partial charge is 0.0436 e. The number of halogens is 1. The Bertz CT molecular complexity index is 350. The number of aliphatic hydroxyl groups is 1. The van der Waals surface area contributed by atoms with Gasteiger partial charge in [-0.15, -0.1) is 0 Å². The van der Waals surface area contributed by atoms with Crippen molar-refractivity contribution in [3.05, 3.63) is 34.3 Å². The summed E-state index contributed by atoms with van der Waals surface area (Å²) >= 11 is 3.54. The number of hydrogen-bond donors (Lipinski definition) is 2. The minimum Gasteiger partial charge on any atom is -0.396 e. The summed E-state index contributed by atoms with van der Waals surface area (Å²) in [5.74, 6) is 0. The molecule has 1 aromatic carbocycles. The van der Waals surface area contributed by atoms with Crippen LogP contribution < -0.4 is 5.32 Å². The molecule has 0 unspecified atom stereocenters. The molecule has 0 aromatic heterocycles. The summed E-state index contributed by atoms with van der Waals surface area (Å²) in [6.45, 7) is 2.24. The summed E-state index contributed by atoms with van der Waals surface area (Å²) in [6.07, 6.45) is 3.46. The van der Waals surface area contributed by atoms with Gasteiger partial charge in [-0.2, -0.15) is 0 Å². The van der Waals surface area contributed by atoms with Crippen LogP contribution in [0.4, 0.5) is 0 Å². The van der Waals surface area contributed by atoms with E-state index in [0.29, 0.717) is 12.0 Å². The topological polar surface area (TPSA) is 32.3 Å². The Morgan fingerprint density at radius 1 is 1.31 bits per heavy atom. The molecular formula is C13H18BrNO. The predicted molar refractivity (Wildman–Crippen MR) is 69.2 cm³/mol. The molecule has 0 atom stereocenters. The summed E-state index contributed by atoms with van der Waals surface area (Å²) < 4.78 is 1.16. The molecule has 16 heavy (non-hydrogen) atoms. The minimum absolute atomic E-state index is 0.316. The van der Waals surface area contributed by atoms with E-state index in [4.69, 9.17) is 5.11 Å². The monoisotopic (exact) mass is 283 g/mol. The Hall–Kier alpha value is -0.380. The van der Waals surface area contributed by atoms with Gasteiger partial charge in [-0.05, 0) is 36.3 Å². The fraction of sp³-hybridized carbons (Fsp3) is 0.538. The molecule has 0 amide bonds. The fourth-order valence-electron chi connectivity index (χ4n) is 2.03. The molecule has 0 saturated heterocycles. The average Bonchev–Trinajstić information content (AvgIpc) is 3.02. The summed E-state index contributed by atoms with van der Waals surface area (Å²) in [7, 11) is 0. The number of benzene rings is 1. The highest BCUT2D eigenvalue weighted by Gasteiger charge is 2.41. The van der Waals surface area contributed by atoms with Gasteiger partial charge in [-0.25, -0.2) is 0 Å². The normalized spacial score (nSPS) is 17.4. The second kappa shape index (κ2) is 5.30. The van der Waals surface area contributed by atoms with Gasteiger partial charge in [0.25, 0.3) is 0 Å². The van der Waals surface area contributed by atoms with E-state index in [9.17, 15) is 0 Å². The molecule has 1 aliphatic carbocycles. The van der Waals surface area contributed by atoms with Gasteiger partial charge in [0.15, 0.2) is 0 Å². The number of aliphatic hydroxyl groups excluding tert-OH is 1. The molecule has 2 rings (SSSR count). The zero-order valence-corrected chi connectivity index (χ0v) is 11.0. The van der Waals surface area contributed by atoms with Crippen molar-refractivity contribution in [2.75, 3.05) is 13.2 Å². The third kappa shape index (κ3) is 3.06. The van der Waals surface area contributed by atoms with Crippen molar-refractivity contribution in [3.63, 3.8) is 0 Å². The van der Waals surface area contributed by atoms with Gasteiger partial charge >= 0.3 is 0 Å². The van der Waals surface area contributed by atoms with Gasteiger partial charge in [0.2, 0.25) is 0 Å². The van der Waals surface area contributed by atoms with Crippen LogP contribution >= 0.6 is 15.9 Å². The van der Waals surface area contributed by atoms with Crippen molar-refractivity contribution in [1.29, 1.82) is 0 Å². The van der Waals surface area contributed by atoms with E-state index in [1.807, 2.05) is 6.07 Å². The highest BCUT2D eigenvalue weighted by molar-refractivity contribution is 9.10. The van der Waals surface area contributed by atoms with Crippen molar-refractivity contribution >= 4 is 15.9 Å². The lowest BCUT2D eigenvalue weighted by Gasteiger charge is -2.14. The van der Waals surface area contributed by atoms with Gasteiger partial charge in [-0.1, -0.05) is 34.1 Å². The zero-order chi connectivity index (χ0) is 11.4. The Balaban J connectivity index is 1.78. The molecule has 1 saturated carbocycles. The maximum atomic E-state index is 8.97. The lowest BCUT2D eigenvalue weighted by Crippen LogP contribution is -2.24. The van der Waals surface area contributed by atoms with E-state index in [1.165, 1.54) is 18.4 Å². The second-order valence-corrected chi connectivity index (χ2v) is 5.52. The Morgan fingerprint density at radius 2 is 2.06 bits per heavy atom. The highest BCUT2D eigenvalue weighted by Crippen LogP contribution is 2.47. The van der Waals surface area contributed by atoms with Crippen LogP contribution in [-0.4, -0.2) is 18.3 Å². The van der Waals surface area contributed by atoms with Crippen molar-refractivity contribution < 1.29 is 5.11 Å². The third-order valence-electron chi connectivity index (χ3n) is 3.37. The van der Waals surface area contributed by atoms with Gasteiger partial charge in [0.1, 0.15) is 0 Å². The van der Waals surface area contributed by atoms with Crippen LogP contribution in [0.3, 0.4) is 0 Å². The fourth-order valence-corrected chi connectivity index (χ4v) is 2.46. The van der Waals surface area contributed by atoms with Crippen molar-refractivity contribution in [3.8, 4) is 0 Å². The zero-order valence-electron chi connectivity index (χ0n) is 9.38. The first-order valence-corrected chi connectivity index (χ1v) is 6.60. The molecule has 2 nitrogen and oxygen atoms in total. The summed E-state index contributed by atoms with van der Waals surface area (Å²) in [5, 5.41) is 12.5. The lowest BCUT2D eigenvalue weighted by molar-refractivity contribution is 0.245. The van der Waals surface area contributed by atoms with Gasteiger partial charge in [0, 0.05) is 24.2 Å². The maximum Gasteiger partial charge on any atom is 0.0436 e. The third-order valence-corrected chi connectivity index (χ3v) is 4.15. The number of nitrogens with one attached hydrogen (secondary N) is 1. The summed E-state index contributed by atoms with van der Waals surface area (Å²) in [4.78, 5) is 0. The quantitative estimate of drug-likeness (QED) is 0.842. The molecule has 1 aromatic rings. The Kier molecular flexibility index (Phi) is 4.00. The van der Waals surface area contributed by atoms with E-state index in [1.54, 1.807) is 0 Å². The standard InChI is InChI=1S/C13H18BrNO/c14-12-4-2-1-3-11(12)9-15-10-13(5-6-13)7-8-16/h1-4,15-16H,5-10H2. The van der Waals surface area contributed by atoms with E-state index in [2.05, 4.69) is 39.4 Å². The Morgan fingerprint density at radius 3 is 2.69 bits per heavy atom. The van der Waals surface area contributed by atoms with Crippen LogP contribution in [0.15, 0.2) is 28.7 Å². The van der Waals surface area contributed by atoms with Crippen LogP contribution in [0.5, 0.6) is 0 Å². The largest absolute Gasteiger partial charge is 0.396 e. The molecular weight excluding hydrogens is 266 g/mol. The molecule has 0 bridgehead atoms. The molecule has 0 radical (unpaired) electrons. The first-order chi connectivity index (χ1) is 7.76. The molecule has 88 valence electrons. The SMILES string of the molecule is OCCC1(CNCc2ccccc2Br)CC1. The van der Waals surface area contributed by atoms with Gasteiger partial charge in [-0.3, -0.25) is 0 Å². The molecule has 0 heterocycles. The molecule has 0 aliphatic heterocycles. The van der Waals surface area contributed by atoms with Crippen LogP contribution in [0.25, 0.3) is 0 Å². The maximum absolute atomic E-state index is 8.97. The van der Waals surface area contributed by atoms with Crippen LogP contribution in [0.1, 0.15) is 24.8 Å². The lowest BCUT2D eigenvalue weighted by atomic mass is 10.0. The first-order valence-electron chi connectivity index (χ1n) is 5.81. The van der Waals surface area contributed by atoms with Gasteiger partial charge < -0.3 is 10.4 Å².